The van der Waals surface area contributed by atoms with E-state index in [-0.39, 0.29) is 11.8 Å². The van der Waals surface area contributed by atoms with Gasteiger partial charge in [-0.3, -0.25) is 9.59 Å². The van der Waals surface area contributed by atoms with Crippen LogP contribution in [0.25, 0.3) is 0 Å². The summed E-state index contributed by atoms with van der Waals surface area (Å²) in [6.07, 6.45) is 6.53. The minimum Gasteiger partial charge on any atom is -0.353 e. The molecule has 0 aliphatic carbocycles. The molecule has 0 fully saturated rings. The highest BCUT2D eigenvalue weighted by Gasteiger charge is 2.01. The van der Waals surface area contributed by atoms with Gasteiger partial charge in [0.2, 0.25) is 11.8 Å². The Balaban J connectivity index is 3.98. The first-order chi connectivity index (χ1) is 9.02. The molecule has 0 aromatic carbocycles. The first-order valence-corrected chi connectivity index (χ1v) is 6.92. The fourth-order valence-corrected chi connectivity index (χ4v) is 1.54. The van der Waals surface area contributed by atoms with Crippen molar-refractivity contribution in [3.05, 3.63) is 23.3 Å². The van der Waals surface area contributed by atoms with Gasteiger partial charge in [0.05, 0.1) is 0 Å². The van der Waals surface area contributed by atoms with Gasteiger partial charge in [-0.05, 0) is 47.0 Å². The minimum absolute atomic E-state index is 0.00320. The molecule has 0 aliphatic heterocycles. The van der Waals surface area contributed by atoms with Gasteiger partial charge in [-0.1, -0.05) is 12.2 Å². The van der Waals surface area contributed by atoms with Crippen molar-refractivity contribution in [2.45, 2.75) is 47.0 Å². The SMILES string of the molecule is CCNC(=O)C(C)=CCCCC=C(C)C(=O)NCC. The molecule has 108 valence electrons. The number of likely N-dealkylation sites (N-methyl/N-ethyl adjacent to an activating group) is 2. The Labute approximate surface area is 116 Å². The summed E-state index contributed by atoms with van der Waals surface area (Å²) in [5.41, 5.74) is 1.51. The van der Waals surface area contributed by atoms with Gasteiger partial charge in [0.25, 0.3) is 0 Å². The Bertz CT molecular complexity index is 323. The number of amides is 2. The quantitative estimate of drug-likeness (QED) is 0.523. The number of carbonyl (C=O) groups is 2. The average Bonchev–Trinajstić information content (AvgIpc) is 2.38. The monoisotopic (exact) mass is 266 g/mol. The molecule has 0 heterocycles. The molecule has 0 saturated carbocycles. The van der Waals surface area contributed by atoms with Crippen molar-refractivity contribution >= 4 is 11.8 Å². The van der Waals surface area contributed by atoms with Gasteiger partial charge < -0.3 is 10.6 Å². The predicted molar refractivity (Wildman–Crippen MR) is 78.7 cm³/mol. The lowest BCUT2D eigenvalue weighted by molar-refractivity contribution is -0.118. The summed E-state index contributed by atoms with van der Waals surface area (Å²) in [6.45, 7) is 8.75. The van der Waals surface area contributed by atoms with Gasteiger partial charge in [0.15, 0.2) is 0 Å². The molecule has 0 radical (unpaired) electrons. The lowest BCUT2D eigenvalue weighted by Crippen LogP contribution is -2.23. The molecule has 0 rings (SSSR count). The third kappa shape index (κ3) is 8.19. The van der Waals surface area contributed by atoms with Crippen molar-refractivity contribution in [1.82, 2.24) is 10.6 Å². The Morgan fingerprint density at radius 3 is 1.53 bits per heavy atom. The molecule has 2 amide bonds. The van der Waals surface area contributed by atoms with Crippen LogP contribution in [0.2, 0.25) is 0 Å². The molecule has 4 nitrogen and oxygen atoms in total. The van der Waals surface area contributed by atoms with E-state index in [0.717, 1.165) is 30.4 Å². The largest absolute Gasteiger partial charge is 0.353 e. The van der Waals surface area contributed by atoms with Crippen molar-refractivity contribution < 1.29 is 9.59 Å². The summed E-state index contributed by atoms with van der Waals surface area (Å²) in [4.78, 5) is 22.9. The van der Waals surface area contributed by atoms with Crippen LogP contribution in [-0.2, 0) is 9.59 Å². The van der Waals surface area contributed by atoms with Gasteiger partial charge in [-0.15, -0.1) is 0 Å². The maximum atomic E-state index is 11.4. The van der Waals surface area contributed by atoms with Crippen molar-refractivity contribution in [3.8, 4) is 0 Å². The van der Waals surface area contributed by atoms with Crippen LogP contribution in [0.4, 0.5) is 0 Å². The molecule has 0 atom stereocenters. The van der Waals surface area contributed by atoms with E-state index >= 15 is 0 Å². The van der Waals surface area contributed by atoms with Crippen molar-refractivity contribution in [2.75, 3.05) is 13.1 Å². The highest BCUT2D eigenvalue weighted by atomic mass is 16.2. The molecule has 0 saturated heterocycles. The van der Waals surface area contributed by atoms with Crippen LogP contribution in [0.5, 0.6) is 0 Å². The molecule has 0 aliphatic rings. The average molecular weight is 266 g/mol. The molecule has 0 spiro atoms. The Kier molecular flexibility index (Phi) is 9.49. The number of allylic oxidation sites excluding steroid dienone is 2. The molecule has 4 heteroatoms. The van der Waals surface area contributed by atoms with E-state index in [1.165, 1.54) is 0 Å². The fourth-order valence-electron chi connectivity index (χ4n) is 1.54. The van der Waals surface area contributed by atoms with Crippen LogP contribution in [-0.4, -0.2) is 24.9 Å². The number of rotatable bonds is 8. The highest BCUT2D eigenvalue weighted by Crippen LogP contribution is 2.05. The zero-order valence-electron chi connectivity index (χ0n) is 12.5. The first kappa shape index (κ1) is 17.4. The van der Waals surface area contributed by atoms with Crippen LogP contribution in [0.1, 0.15) is 47.0 Å². The van der Waals surface area contributed by atoms with Crippen molar-refractivity contribution in [3.63, 3.8) is 0 Å². The van der Waals surface area contributed by atoms with E-state index in [1.807, 2.05) is 39.8 Å². The van der Waals surface area contributed by atoms with Gasteiger partial charge in [-0.25, -0.2) is 0 Å². The van der Waals surface area contributed by atoms with Gasteiger partial charge in [0.1, 0.15) is 0 Å². The summed E-state index contributed by atoms with van der Waals surface area (Å²) in [5, 5.41) is 5.52. The number of carbonyl (C=O) groups excluding carboxylic acids is 2. The van der Waals surface area contributed by atoms with Gasteiger partial charge in [-0.2, -0.15) is 0 Å². The maximum Gasteiger partial charge on any atom is 0.246 e. The molecule has 0 aromatic rings. The van der Waals surface area contributed by atoms with Crippen LogP contribution in [0, 0.1) is 0 Å². The molecule has 2 N–H and O–H groups in total. The molecular formula is C15H26N2O2. The molecular weight excluding hydrogens is 240 g/mol. The number of unbranched alkanes of at least 4 members (excludes halogenated alkanes) is 2. The van der Waals surface area contributed by atoms with Crippen molar-refractivity contribution in [1.29, 1.82) is 0 Å². The van der Waals surface area contributed by atoms with E-state index in [1.54, 1.807) is 0 Å². The summed E-state index contributed by atoms with van der Waals surface area (Å²) < 4.78 is 0. The van der Waals surface area contributed by atoms with E-state index in [2.05, 4.69) is 10.6 Å². The topological polar surface area (TPSA) is 58.2 Å². The number of hydrogen-bond donors (Lipinski definition) is 2. The summed E-state index contributed by atoms with van der Waals surface area (Å²) in [7, 11) is 0. The normalized spacial score (nSPS) is 12.2. The van der Waals surface area contributed by atoms with E-state index in [0.29, 0.717) is 13.1 Å². The van der Waals surface area contributed by atoms with E-state index < -0.39 is 0 Å². The Hall–Kier alpha value is -1.58. The van der Waals surface area contributed by atoms with Crippen molar-refractivity contribution in [2.24, 2.45) is 0 Å². The lowest BCUT2D eigenvalue weighted by Gasteiger charge is -2.02. The minimum atomic E-state index is -0.00320. The molecule has 19 heavy (non-hydrogen) atoms. The smallest absolute Gasteiger partial charge is 0.246 e. The Morgan fingerprint density at radius 1 is 0.842 bits per heavy atom. The second-order valence-electron chi connectivity index (χ2n) is 4.42. The van der Waals surface area contributed by atoms with Crippen LogP contribution in [0.15, 0.2) is 23.3 Å². The van der Waals surface area contributed by atoms with E-state index in [4.69, 9.17) is 0 Å². The van der Waals surface area contributed by atoms with Crippen LogP contribution < -0.4 is 10.6 Å². The first-order valence-electron chi connectivity index (χ1n) is 6.92. The number of nitrogens with one attached hydrogen (secondary N) is 2. The number of hydrogen-bond acceptors (Lipinski definition) is 2. The third-order valence-corrected chi connectivity index (χ3v) is 2.70. The predicted octanol–water partition coefficient (Wildman–Crippen LogP) is 2.32. The summed E-state index contributed by atoms with van der Waals surface area (Å²) >= 11 is 0. The Morgan fingerprint density at radius 2 is 1.21 bits per heavy atom. The summed E-state index contributed by atoms with van der Waals surface area (Å²) in [5.74, 6) is -0.00640. The molecule has 0 aromatic heterocycles. The lowest BCUT2D eigenvalue weighted by atomic mass is 10.1. The zero-order valence-corrected chi connectivity index (χ0v) is 12.5. The van der Waals surface area contributed by atoms with Crippen LogP contribution in [0.3, 0.4) is 0 Å². The molecule has 0 bridgehead atoms. The summed E-state index contributed by atoms with van der Waals surface area (Å²) in [6, 6.07) is 0. The zero-order chi connectivity index (χ0) is 14.7. The standard InChI is InChI=1S/C15H26N2O2/c1-5-16-14(18)12(3)10-8-7-9-11-13(4)15(19)17-6-2/h10-11H,5-9H2,1-4H3,(H,16,18)(H,17,19). The second-order valence-corrected chi connectivity index (χ2v) is 4.42. The maximum absolute atomic E-state index is 11.4. The van der Waals surface area contributed by atoms with Crippen LogP contribution >= 0.6 is 0 Å². The third-order valence-electron chi connectivity index (χ3n) is 2.70. The highest BCUT2D eigenvalue weighted by molar-refractivity contribution is 5.93. The second kappa shape index (κ2) is 10.4. The molecule has 0 unspecified atom stereocenters. The van der Waals surface area contributed by atoms with Gasteiger partial charge in [0, 0.05) is 24.2 Å². The van der Waals surface area contributed by atoms with Gasteiger partial charge >= 0.3 is 0 Å². The van der Waals surface area contributed by atoms with E-state index in [9.17, 15) is 9.59 Å². The fraction of sp³-hybridized carbons (Fsp3) is 0.600.